The molecule has 0 N–H and O–H groups in total. The molecule has 0 fully saturated rings. The number of esters is 2. The van der Waals surface area contributed by atoms with Gasteiger partial charge in [0.15, 0.2) is 0 Å². The minimum Gasteiger partial charge on any atom is -0.462 e. The predicted octanol–water partition coefficient (Wildman–Crippen LogP) is 5.92. The number of rotatable bonds is 11. The number of ether oxygens (including phenoxy) is 2. The summed E-state index contributed by atoms with van der Waals surface area (Å²) in [5.41, 5.74) is 1.11. The molecule has 0 amide bonds. The Balaban J connectivity index is 2.04. The van der Waals surface area contributed by atoms with Gasteiger partial charge in [-0.1, -0.05) is 63.1 Å². The van der Waals surface area contributed by atoms with Crippen LogP contribution in [0.1, 0.15) is 67.2 Å². The lowest BCUT2D eigenvalue weighted by Crippen LogP contribution is -2.33. The van der Waals surface area contributed by atoms with Crippen molar-refractivity contribution in [2.75, 3.05) is 6.61 Å². The molecule has 2 rings (SSSR count). The second-order valence-corrected chi connectivity index (χ2v) is 7.44. The van der Waals surface area contributed by atoms with Crippen LogP contribution in [-0.2, 0) is 9.47 Å². The Morgan fingerprint density at radius 2 is 1.31 bits per heavy atom. The van der Waals surface area contributed by atoms with Crippen LogP contribution < -0.4 is 0 Å². The molecule has 0 saturated heterocycles. The smallest absolute Gasteiger partial charge is 0.338 e. The maximum atomic E-state index is 12.5. The minimum absolute atomic E-state index is 0.135. The van der Waals surface area contributed by atoms with E-state index in [-0.39, 0.29) is 29.9 Å². The zero-order valence-electron chi connectivity index (χ0n) is 17.7. The van der Waals surface area contributed by atoms with E-state index in [0.717, 1.165) is 25.7 Å². The Morgan fingerprint density at radius 3 is 1.83 bits per heavy atom. The van der Waals surface area contributed by atoms with Gasteiger partial charge in [-0.3, -0.25) is 0 Å². The molecule has 4 nitrogen and oxygen atoms in total. The van der Waals surface area contributed by atoms with E-state index in [4.69, 9.17) is 9.47 Å². The van der Waals surface area contributed by atoms with Gasteiger partial charge in [-0.2, -0.15) is 0 Å². The van der Waals surface area contributed by atoms with Crippen molar-refractivity contribution < 1.29 is 19.1 Å². The third-order valence-electron chi connectivity index (χ3n) is 5.23. The molecule has 0 heterocycles. The van der Waals surface area contributed by atoms with Gasteiger partial charge in [-0.15, -0.1) is 0 Å². The van der Waals surface area contributed by atoms with E-state index < -0.39 is 0 Å². The van der Waals surface area contributed by atoms with Crippen LogP contribution in [-0.4, -0.2) is 24.6 Å². The van der Waals surface area contributed by atoms with Crippen molar-refractivity contribution in [1.29, 1.82) is 0 Å². The van der Waals surface area contributed by atoms with Gasteiger partial charge in [-0.25, -0.2) is 9.59 Å². The van der Waals surface area contributed by atoms with Crippen LogP contribution in [0, 0.1) is 11.8 Å². The third-order valence-corrected chi connectivity index (χ3v) is 5.23. The van der Waals surface area contributed by atoms with Crippen molar-refractivity contribution in [3.05, 3.63) is 71.8 Å². The maximum absolute atomic E-state index is 12.5. The Hall–Kier alpha value is -2.62. The van der Waals surface area contributed by atoms with Crippen LogP contribution in [0.15, 0.2) is 60.7 Å². The second kappa shape index (κ2) is 12.1. The van der Waals surface area contributed by atoms with Crippen LogP contribution >= 0.6 is 0 Å². The summed E-state index contributed by atoms with van der Waals surface area (Å²) in [4.78, 5) is 24.8. The SMILES string of the molecule is CCCC(COC(=O)c1ccccc1)C(CCC)C(C)OC(=O)c1ccccc1. The summed E-state index contributed by atoms with van der Waals surface area (Å²) in [6, 6.07) is 18.1. The van der Waals surface area contributed by atoms with E-state index in [1.165, 1.54) is 0 Å². The lowest BCUT2D eigenvalue weighted by atomic mass is 9.82. The van der Waals surface area contributed by atoms with Crippen molar-refractivity contribution in [2.24, 2.45) is 11.8 Å². The normalized spacial score (nSPS) is 13.9. The fourth-order valence-electron chi connectivity index (χ4n) is 3.72. The molecule has 0 aliphatic rings. The molecule has 156 valence electrons. The Kier molecular flexibility index (Phi) is 9.42. The molecule has 0 bridgehead atoms. The lowest BCUT2D eigenvalue weighted by molar-refractivity contribution is -0.00710. The average molecular weight is 397 g/mol. The van der Waals surface area contributed by atoms with Gasteiger partial charge < -0.3 is 9.47 Å². The average Bonchev–Trinajstić information content (AvgIpc) is 2.76. The first kappa shape index (κ1) is 22.7. The van der Waals surface area contributed by atoms with E-state index in [1.54, 1.807) is 24.3 Å². The molecular formula is C25H32O4. The second-order valence-electron chi connectivity index (χ2n) is 7.44. The predicted molar refractivity (Wildman–Crippen MR) is 115 cm³/mol. The fourth-order valence-corrected chi connectivity index (χ4v) is 3.72. The molecule has 0 radical (unpaired) electrons. The molecule has 2 aromatic carbocycles. The number of benzene rings is 2. The third kappa shape index (κ3) is 7.04. The monoisotopic (exact) mass is 396 g/mol. The van der Waals surface area contributed by atoms with Gasteiger partial charge in [0.2, 0.25) is 0 Å². The molecule has 29 heavy (non-hydrogen) atoms. The number of carbonyl (C=O) groups excluding carboxylic acids is 2. The first-order valence-electron chi connectivity index (χ1n) is 10.5. The topological polar surface area (TPSA) is 52.6 Å². The van der Waals surface area contributed by atoms with Crippen LogP contribution in [0.2, 0.25) is 0 Å². The number of carbonyl (C=O) groups is 2. The first-order valence-corrected chi connectivity index (χ1v) is 10.5. The summed E-state index contributed by atoms with van der Waals surface area (Å²) >= 11 is 0. The summed E-state index contributed by atoms with van der Waals surface area (Å²) in [5, 5.41) is 0. The first-order chi connectivity index (χ1) is 14.1. The van der Waals surface area contributed by atoms with E-state index in [0.29, 0.717) is 17.7 Å². The lowest BCUT2D eigenvalue weighted by Gasteiger charge is -2.31. The van der Waals surface area contributed by atoms with Crippen molar-refractivity contribution >= 4 is 11.9 Å². The Labute approximate surface area is 174 Å². The number of hydrogen-bond donors (Lipinski definition) is 0. The molecule has 4 heteroatoms. The molecule has 0 spiro atoms. The summed E-state index contributed by atoms with van der Waals surface area (Å²) in [7, 11) is 0. The highest BCUT2D eigenvalue weighted by Gasteiger charge is 2.29. The largest absolute Gasteiger partial charge is 0.462 e. The zero-order valence-corrected chi connectivity index (χ0v) is 17.7. The fraction of sp³-hybridized carbons (Fsp3) is 0.440. The Morgan fingerprint density at radius 1 is 0.793 bits per heavy atom. The van der Waals surface area contributed by atoms with Crippen molar-refractivity contribution in [1.82, 2.24) is 0 Å². The van der Waals surface area contributed by atoms with Gasteiger partial charge in [0.25, 0.3) is 0 Å². The van der Waals surface area contributed by atoms with Gasteiger partial charge in [0, 0.05) is 5.92 Å². The van der Waals surface area contributed by atoms with Crippen LogP contribution in [0.25, 0.3) is 0 Å². The maximum Gasteiger partial charge on any atom is 0.338 e. The summed E-state index contributed by atoms with van der Waals surface area (Å²) in [6.45, 7) is 6.52. The molecule has 0 aliphatic carbocycles. The standard InChI is InChI=1S/C25H32O4/c1-4-12-22(18-28-24(26)20-14-8-6-9-15-20)23(13-5-2)19(3)29-25(27)21-16-10-7-11-17-21/h6-11,14-17,19,22-23H,4-5,12-13,18H2,1-3H3. The molecule has 3 atom stereocenters. The van der Waals surface area contributed by atoms with Crippen molar-refractivity contribution in [2.45, 2.75) is 52.6 Å². The van der Waals surface area contributed by atoms with E-state index >= 15 is 0 Å². The molecule has 3 unspecified atom stereocenters. The molecule has 0 aliphatic heterocycles. The molecule has 0 saturated carbocycles. The van der Waals surface area contributed by atoms with E-state index in [9.17, 15) is 9.59 Å². The molecule has 2 aromatic rings. The van der Waals surface area contributed by atoms with Gasteiger partial charge >= 0.3 is 11.9 Å². The zero-order chi connectivity index (χ0) is 21.1. The van der Waals surface area contributed by atoms with Crippen molar-refractivity contribution in [3.8, 4) is 0 Å². The van der Waals surface area contributed by atoms with Gasteiger partial charge in [-0.05, 0) is 49.9 Å². The summed E-state index contributed by atoms with van der Waals surface area (Å²) in [5.74, 6) is -0.339. The van der Waals surface area contributed by atoms with Crippen LogP contribution in [0.4, 0.5) is 0 Å². The van der Waals surface area contributed by atoms with Gasteiger partial charge in [0.05, 0.1) is 17.7 Å². The van der Waals surface area contributed by atoms with Gasteiger partial charge in [0.1, 0.15) is 6.10 Å². The number of hydrogen-bond acceptors (Lipinski definition) is 4. The van der Waals surface area contributed by atoms with E-state index in [2.05, 4.69) is 13.8 Å². The highest BCUT2D eigenvalue weighted by atomic mass is 16.5. The van der Waals surface area contributed by atoms with Crippen LogP contribution in [0.3, 0.4) is 0 Å². The summed E-state index contributed by atoms with van der Waals surface area (Å²) < 4.78 is 11.4. The molecular weight excluding hydrogens is 364 g/mol. The van der Waals surface area contributed by atoms with Crippen molar-refractivity contribution in [3.63, 3.8) is 0 Å². The minimum atomic E-state index is -0.310. The highest BCUT2D eigenvalue weighted by Crippen LogP contribution is 2.29. The Bertz CT molecular complexity index is 742. The van der Waals surface area contributed by atoms with Crippen LogP contribution in [0.5, 0.6) is 0 Å². The summed E-state index contributed by atoms with van der Waals surface area (Å²) in [6.07, 6.45) is 3.53. The highest BCUT2D eigenvalue weighted by molar-refractivity contribution is 5.89. The van der Waals surface area contributed by atoms with E-state index in [1.807, 2.05) is 43.3 Å². The molecule has 0 aromatic heterocycles. The quantitative estimate of drug-likeness (QED) is 0.442.